The van der Waals surface area contributed by atoms with Crippen LogP contribution in [0.3, 0.4) is 0 Å². The van der Waals surface area contributed by atoms with Crippen molar-refractivity contribution in [1.29, 1.82) is 5.26 Å². The number of anilines is 1. The van der Waals surface area contributed by atoms with Crippen LogP contribution in [-0.4, -0.2) is 74.2 Å². The second kappa shape index (κ2) is 9.72. The average molecular weight is 478 g/mol. The SMILES string of the molecule is COc1cc2c(cc1OC)CN(C(=O)CN1CCN(c3oc(-c4ccco4)nc3C#N)CC1)CC2. The number of amides is 1. The molecule has 0 spiro atoms. The lowest BCUT2D eigenvalue weighted by Gasteiger charge is -2.36. The molecule has 4 heterocycles. The maximum atomic E-state index is 13.1. The van der Waals surface area contributed by atoms with Crippen molar-refractivity contribution < 1.29 is 23.1 Å². The fourth-order valence-electron chi connectivity index (χ4n) is 4.60. The van der Waals surface area contributed by atoms with Crippen molar-refractivity contribution in [2.75, 3.05) is 58.4 Å². The summed E-state index contributed by atoms with van der Waals surface area (Å²) in [7, 11) is 3.25. The first-order chi connectivity index (χ1) is 17.1. The number of hydrogen-bond donors (Lipinski definition) is 0. The van der Waals surface area contributed by atoms with E-state index in [1.807, 2.05) is 21.9 Å². The largest absolute Gasteiger partial charge is 0.493 e. The van der Waals surface area contributed by atoms with Gasteiger partial charge >= 0.3 is 0 Å². The monoisotopic (exact) mass is 477 g/mol. The zero-order valence-electron chi connectivity index (χ0n) is 19.8. The van der Waals surface area contributed by atoms with E-state index < -0.39 is 0 Å². The summed E-state index contributed by atoms with van der Waals surface area (Å²) in [6.45, 7) is 4.23. The first kappa shape index (κ1) is 22.8. The number of aromatic nitrogens is 1. The summed E-state index contributed by atoms with van der Waals surface area (Å²) < 4.78 is 22.0. The summed E-state index contributed by atoms with van der Waals surface area (Å²) >= 11 is 0. The van der Waals surface area contributed by atoms with Crippen LogP contribution in [-0.2, 0) is 17.8 Å². The van der Waals surface area contributed by atoms with Crippen molar-refractivity contribution in [2.24, 2.45) is 0 Å². The molecule has 0 unspecified atom stereocenters. The lowest BCUT2D eigenvalue weighted by molar-refractivity contribution is -0.133. The Morgan fingerprint density at radius 2 is 1.86 bits per heavy atom. The number of carbonyl (C=O) groups excluding carboxylic acids is 1. The molecule has 0 aliphatic carbocycles. The van der Waals surface area contributed by atoms with Crippen LogP contribution in [0, 0.1) is 11.3 Å². The van der Waals surface area contributed by atoms with Gasteiger partial charge in [-0.1, -0.05) is 0 Å². The molecular weight excluding hydrogens is 450 g/mol. The van der Waals surface area contributed by atoms with Gasteiger partial charge in [-0.15, -0.1) is 0 Å². The summed E-state index contributed by atoms with van der Waals surface area (Å²) in [6.07, 6.45) is 2.32. The van der Waals surface area contributed by atoms with E-state index in [0.29, 0.717) is 74.8 Å². The first-order valence-corrected chi connectivity index (χ1v) is 11.5. The first-order valence-electron chi connectivity index (χ1n) is 11.5. The Balaban J connectivity index is 1.19. The van der Waals surface area contributed by atoms with E-state index in [2.05, 4.69) is 16.0 Å². The Labute approximate surface area is 203 Å². The van der Waals surface area contributed by atoms with Crippen LogP contribution in [0.2, 0.25) is 0 Å². The van der Waals surface area contributed by atoms with E-state index in [4.69, 9.17) is 18.3 Å². The average Bonchev–Trinajstić information content (AvgIpc) is 3.58. The molecular formula is C25H27N5O5. The second-order valence-electron chi connectivity index (χ2n) is 8.57. The molecule has 3 aromatic rings. The number of fused-ring (bicyclic) bond motifs is 1. The number of nitriles is 1. The number of oxazole rings is 1. The van der Waals surface area contributed by atoms with Crippen LogP contribution in [0.15, 0.2) is 39.4 Å². The highest BCUT2D eigenvalue weighted by atomic mass is 16.5. The van der Waals surface area contributed by atoms with Crippen molar-refractivity contribution in [3.8, 4) is 29.2 Å². The molecule has 1 saturated heterocycles. The molecule has 2 aliphatic rings. The Morgan fingerprint density at radius 1 is 1.11 bits per heavy atom. The van der Waals surface area contributed by atoms with E-state index in [1.165, 1.54) is 11.8 Å². The van der Waals surface area contributed by atoms with Gasteiger partial charge in [-0.3, -0.25) is 9.69 Å². The number of methoxy groups -OCH3 is 2. The van der Waals surface area contributed by atoms with Gasteiger partial charge in [-0.25, -0.2) is 0 Å². The predicted molar refractivity (Wildman–Crippen MR) is 126 cm³/mol. The highest BCUT2D eigenvalue weighted by molar-refractivity contribution is 5.78. The predicted octanol–water partition coefficient (Wildman–Crippen LogP) is 2.53. The van der Waals surface area contributed by atoms with Gasteiger partial charge < -0.3 is 28.1 Å². The number of piperazine rings is 1. The number of nitrogens with zero attached hydrogens (tertiary/aromatic N) is 5. The normalized spacial score (nSPS) is 16.0. The van der Waals surface area contributed by atoms with Crippen LogP contribution >= 0.6 is 0 Å². The quantitative estimate of drug-likeness (QED) is 0.529. The molecule has 0 radical (unpaired) electrons. The van der Waals surface area contributed by atoms with Gasteiger partial charge in [0.25, 0.3) is 5.89 Å². The van der Waals surface area contributed by atoms with Crippen molar-refractivity contribution >= 4 is 11.8 Å². The smallest absolute Gasteiger partial charge is 0.266 e. The molecule has 0 bridgehead atoms. The van der Waals surface area contributed by atoms with Crippen molar-refractivity contribution in [1.82, 2.24) is 14.8 Å². The van der Waals surface area contributed by atoms with Crippen LogP contribution in [0.4, 0.5) is 5.88 Å². The number of rotatable bonds is 6. The number of carbonyl (C=O) groups is 1. The van der Waals surface area contributed by atoms with Crippen LogP contribution in [0.5, 0.6) is 11.5 Å². The lowest BCUT2D eigenvalue weighted by atomic mass is 9.98. The third-order valence-corrected chi connectivity index (χ3v) is 6.54. The number of hydrogen-bond acceptors (Lipinski definition) is 9. The highest BCUT2D eigenvalue weighted by Crippen LogP contribution is 2.33. The van der Waals surface area contributed by atoms with E-state index in [-0.39, 0.29) is 11.6 Å². The van der Waals surface area contributed by atoms with Gasteiger partial charge in [0.05, 0.1) is 27.0 Å². The minimum atomic E-state index is 0.108. The molecule has 10 nitrogen and oxygen atoms in total. The van der Waals surface area contributed by atoms with Gasteiger partial charge in [0.2, 0.25) is 17.5 Å². The summed E-state index contributed by atoms with van der Waals surface area (Å²) in [4.78, 5) is 23.4. The highest BCUT2D eigenvalue weighted by Gasteiger charge is 2.28. The standard InChI is InChI=1S/C25H27N5O5/c1-32-21-12-17-5-6-30(15-18(17)13-22(21)33-2)23(31)16-28-7-9-29(10-8-28)25-19(14-26)27-24(35-25)20-4-3-11-34-20/h3-4,11-13H,5-10,15-16H2,1-2H3. The molecule has 35 heavy (non-hydrogen) atoms. The molecule has 0 saturated carbocycles. The Hall–Kier alpha value is -3.97. The molecule has 2 aromatic heterocycles. The topological polar surface area (TPSA) is 108 Å². The number of benzene rings is 1. The third-order valence-electron chi connectivity index (χ3n) is 6.54. The maximum absolute atomic E-state index is 13.1. The van der Waals surface area contributed by atoms with Gasteiger partial charge in [-0.05, 0) is 41.8 Å². The summed E-state index contributed by atoms with van der Waals surface area (Å²) in [5, 5.41) is 9.50. The van der Waals surface area contributed by atoms with Gasteiger partial charge in [-0.2, -0.15) is 10.2 Å². The Morgan fingerprint density at radius 3 is 2.51 bits per heavy atom. The van der Waals surface area contributed by atoms with Gasteiger partial charge in [0.1, 0.15) is 6.07 Å². The minimum absolute atomic E-state index is 0.108. The molecule has 2 aliphatic heterocycles. The minimum Gasteiger partial charge on any atom is -0.493 e. The zero-order chi connectivity index (χ0) is 24.4. The summed E-state index contributed by atoms with van der Waals surface area (Å²) in [5.74, 6) is 2.72. The molecule has 0 N–H and O–H groups in total. The van der Waals surface area contributed by atoms with E-state index >= 15 is 0 Å². The molecule has 10 heteroatoms. The third kappa shape index (κ3) is 4.55. The molecule has 1 fully saturated rings. The number of furan rings is 1. The van der Waals surface area contributed by atoms with Crippen molar-refractivity contribution in [3.63, 3.8) is 0 Å². The van der Waals surface area contributed by atoms with Gasteiger partial charge in [0.15, 0.2) is 17.3 Å². The van der Waals surface area contributed by atoms with Crippen LogP contribution in [0.25, 0.3) is 11.7 Å². The van der Waals surface area contributed by atoms with E-state index in [1.54, 1.807) is 26.4 Å². The second-order valence-corrected chi connectivity index (χ2v) is 8.57. The maximum Gasteiger partial charge on any atom is 0.266 e. The number of ether oxygens (including phenoxy) is 2. The van der Waals surface area contributed by atoms with Gasteiger partial charge in [0, 0.05) is 39.3 Å². The van der Waals surface area contributed by atoms with Crippen LogP contribution in [0.1, 0.15) is 16.8 Å². The van der Waals surface area contributed by atoms with E-state index in [0.717, 1.165) is 12.0 Å². The fraction of sp³-hybridized carbons (Fsp3) is 0.400. The molecule has 0 atom stereocenters. The Kier molecular flexibility index (Phi) is 6.33. The molecule has 1 aromatic carbocycles. The Bertz CT molecular complexity index is 1240. The molecule has 182 valence electrons. The summed E-state index contributed by atoms with van der Waals surface area (Å²) in [6, 6.07) is 9.56. The fourth-order valence-corrected chi connectivity index (χ4v) is 4.60. The zero-order valence-corrected chi connectivity index (χ0v) is 19.8. The summed E-state index contributed by atoms with van der Waals surface area (Å²) in [5.41, 5.74) is 2.52. The molecule has 1 amide bonds. The molecule has 5 rings (SSSR count). The van der Waals surface area contributed by atoms with Crippen molar-refractivity contribution in [3.05, 3.63) is 47.3 Å². The lowest BCUT2D eigenvalue weighted by Crippen LogP contribution is -2.50. The van der Waals surface area contributed by atoms with Crippen molar-refractivity contribution in [2.45, 2.75) is 13.0 Å². The van der Waals surface area contributed by atoms with E-state index in [9.17, 15) is 10.1 Å². The van der Waals surface area contributed by atoms with Crippen LogP contribution < -0.4 is 14.4 Å².